The number of anilines is 2. The van der Waals surface area contributed by atoms with E-state index < -0.39 is 6.04 Å². The number of thiazole rings is 1. The second-order valence-electron chi connectivity index (χ2n) is 8.15. The lowest BCUT2D eigenvalue weighted by atomic mass is 10.1. The summed E-state index contributed by atoms with van der Waals surface area (Å²) in [5.74, 6) is 0.00157. The van der Waals surface area contributed by atoms with Gasteiger partial charge in [0, 0.05) is 35.8 Å². The van der Waals surface area contributed by atoms with Crippen molar-refractivity contribution in [3.63, 3.8) is 0 Å². The molecule has 1 aromatic carbocycles. The summed E-state index contributed by atoms with van der Waals surface area (Å²) in [6.45, 7) is 8.30. The van der Waals surface area contributed by atoms with Crippen LogP contribution < -0.4 is 15.5 Å². The highest BCUT2D eigenvalue weighted by molar-refractivity contribution is 7.09. The molecule has 0 bridgehead atoms. The fraction of sp³-hybridized carbons (Fsp3) is 0.522. The maximum absolute atomic E-state index is 12.9. The molecule has 30 heavy (non-hydrogen) atoms. The number of benzene rings is 1. The van der Waals surface area contributed by atoms with Crippen LogP contribution in [-0.2, 0) is 16.0 Å². The van der Waals surface area contributed by atoms with Crippen LogP contribution in [-0.4, -0.2) is 35.9 Å². The summed E-state index contributed by atoms with van der Waals surface area (Å²) in [5, 5.41) is 8.83. The van der Waals surface area contributed by atoms with E-state index >= 15 is 0 Å². The van der Waals surface area contributed by atoms with Gasteiger partial charge in [-0.15, -0.1) is 11.3 Å². The summed E-state index contributed by atoms with van der Waals surface area (Å²) in [7, 11) is 0. The highest BCUT2D eigenvalue weighted by Crippen LogP contribution is 2.23. The molecule has 6 nitrogen and oxygen atoms in total. The number of carbonyl (C=O) groups is 2. The van der Waals surface area contributed by atoms with Gasteiger partial charge >= 0.3 is 0 Å². The molecule has 2 amide bonds. The number of nitrogens with zero attached hydrogens (tertiary/aromatic N) is 2. The Bertz CT molecular complexity index is 858. The second kappa shape index (κ2) is 10.6. The number of hydrogen-bond donors (Lipinski definition) is 2. The lowest BCUT2D eigenvalue weighted by Crippen LogP contribution is -2.44. The Balaban J connectivity index is 1.59. The number of nitrogens with one attached hydrogen (secondary N) is 2. The Labute approximate surface area is 183 Å². The van der Waals surface area contributed by atoms with Crippen LogP contribution in [0.2, 0.25) is 0 Å². The molecule has 0 aliphatic carbocycles. The molecule has 1 aromatic heterocycles. The highest BCUT2D eigenvalue weighted by atomic mass is 32.1. The Morgan fingerprint density at radius 3 is 2.67 bits per heavy atom. The largest absolute Gasteiger partial charge is 0.371 e. The van der Waals surface area contributed by atoms with Gasteiger partial charge < -0.3 is 15.5 Å². The quantitative estimate of drug-likeness (QED) is 0.623. The van der Waals surface area contributed by atoms with Crippen LogP contribution in [0, 0.1) is 0 Å². The van der Waals surface area contributed by atoms with Crippen LogP contribution in [0.25, 0.3) is 0 Å². The molecule has 1 aliphatic heterocycles. The minimum atomic E-state index is -0.554. The molecule has 2 aromatic rings. The molecule has 0 radical (unpaired) electrons. The molecule has 1 aliphatic rings. The lowest BCUT2D eigenvalue weighted by Gasteiger charge is -2.20. The molecule has 1 atom stereocenters. The fourth-order valence-electron chi connectivity index (χ4n) is 3.62. The van der Waals surface area contributed by atoms with Gasteiger partial charge in [-0.3, -0.25) is 9.59 Å². The van der Waals surface area contributed by atoms with Gasteiger partial charge in [-0.05, 0) is 37.5 Å². The van der Waals surface area contributed by atoms with Crippen molar-refractivity contribution in [1.82, 2.24) is 10.3 Å². The van der Waals surface area contributed by atoms with Gasteiger partial charge in [0.15, 0.2) is 0 Å². The predicted octanol–water partition coefficient (Wildman–Crippen LogP) is 4.33. The molecule has 1 unspecified atom stereocenters. The number of rotatable bonds is 9. The molecule has 1 saturated heterocycles. The van der Waals surface area contributed by atoms with Crippen molar-refractivity contribution in [3.05, 3.63) is 40.3 Å². The predicted molar refractivity (Wildman–Crippen MR) is 123 cm³/mol. The van der Waals surface area contributed by atoms with Gasteiger partial charge in [-0.2, -0.15) is 0 Å². The van der Waals surface area contributed by atoms with Gasteiger partial charge in [0.2, 0.25) is 11.8 Å². The van der Waals surface area contributed by atoms with Crippen molar-refractivity contribution < 1.29 is 9.59 Å². The molecule has 1 fully saturated rings. The molecular formula is C23H32N4O2S. The minimum absolute atomic E-state index is 0.171. The summed E-state index contributed by atoms with van der Waals surface area (Å²) < 4.78 is 0. The maximum Gasteiger partial charge on any atom is 0.246 e. The van der Waals surface area contributed by atoms with Gasteiger partial charge in [0.05, 0.1) is 17.1 Å². The normalized spacial score (nSPS) is 14.7. The molecule has 0 saturated carbocycles. The molecule has 2 N–H and O–H groups in total. The van der Waals surface area contributed by atoms with E-state index in [2.05, 4.69) is 40.4 Å². The third kappa shape index (κ3) is 6.05. The minimum Gasteiger partial charge on any atom is -0.371 e. The number of amides is 2. The van der Waals surface area contributed by atoms with E-state index in [1.807, 2.05) is 30.5 Å². The smallest absolute Gasteiger partial charge is 0.246 e. The molecule has 162 valence electrons. The molecule has 7 heteroatoms. The topological polar surface area (TPSA) is 74.3 Å². The van der Waals surface area contributed by atoms with Crippen LogP contribution in [0.5, 0.6) is 0 Å². The molecular weight excluding hydrogens is 396 g/mol. The maximum atomic E-state index is 12.9. The summed E-state index contributed by atoms with van der Waals surface area (Å²) in [6.07, 6.45) is 4.01. The SMILES string of the molecule is CCCC(NC(=O)Cc1csc(C(C)C)n1)C(=O)Nc1cccc(N2CCCC2)c1. The van der Waals surface area contributed by atoms with Gasteiger partial charge in [-0.25, -0.2) is 4.98 Å². The first-order valence-corrected chi connectivity index (χ1v) is 11.7. The summed E-state index contributed by atoms with van der Waals surface area (Å²) >= 11 is 1.57. The highest BCUT2D eigenvalue weighted by Gasteiger charge is 2.21. The number of hydrogen-bond acceptors (Lipinski definition) is 5. The molecule has 3 rings (SSSR count). The van der Waals surface area contributed by atoms with E-state index in [0.717, 1.165) is 41.6 Å². The van der Waals surface area contributed by atoms with Crippen molar-refractivity contribution in [1.29, 1.82) is 0 Å². The van der Waals surface area contributed by atoms with E-state index in [1.165, 1.54) is 12.8 Å². The van der Waals surface area contributed by atoms with E-state index in [-0.39, 0.29) is 18.2 Å². The van der Waals surface area contributed by atoms with Crippen LogP contribution in [0.4, 0.5) is 11.4 Å². The van der Waals surface area contributed by atoms with Gasteiger partial charge in [0.25, 0.3) is 0 Å². The van der Waals surface area contributed by atoms with Gasteiger partial charge in [0.1, 0.15) is 6.04 Å². The van der Waals surface area contributed by atoms with Crippen molar-refractivity contribution in [2.75, 3.05) is 23.3 Å². The van der Waals surface area contributed by atoms with Crippen LogP contribution in [0.15, 0.2) is 29.6 Å². The Kier molecular flexibility index (Phi) is 7.85. The average Bonchev–Trinajstić information content (AvgIpc) is 3.40. The Morgan fingerprint density at radius 2 is 2.00 bits per heavy atom. The Hall–Kier alpha value is -2.41. The summed E-state index contributed by atoms with van der Waals surface area (Å²) in [6, 6.07) is 7.39. The van der Waals surface area contributed by atoms with Crippen molar-refractivity contribution >= 4 is 34.5 Å². The van der Waals surface area contributed by atoms with Crippen molar-refractivity contribution in [2.24, 2.45) is 0 Å². The van der Waals surface area contributed by atoms with Crippen LogP contribution >= 0.6 is 11.3 Å². The van der Waals surface area contributed by atoms with Crippen LogP contribution in [0.1, 0.15) is 63.1 Å². The van der Waals surface area contributed by atoms with E-state index in [4.69, 9.17) is 0 Å². The first-order valence-electron chi connectivity index (χ1n) is 10.9. The van der Waals surface area contributed by atoms with E-state index in [9.17, 15) is 9.59 Å². The number of carbonyl (C=O) groups excluding carboxylic acids is 2. The van der Waals surface area contributed by atoms with Crippen molar-refractivity contribution in [2.45, 2.75) is 64.8 Å². The zero-order chi connectivity index (χ0) is 21.5. The fourth-order valence-corrected chi connectivity index (χ4v) is 4.46. The average molecular weight is 429 g/mol. The first kappa shape index (κ1) is 22.3. The van der Waals surface area contributed by atoms with E-state index in [0.29, 0.717) is 12.3 Å². The van der Waals surface area contributed by atoms with Gasteiger partial charge in [-0.1, -0.05) is 33.3 Å². The monoisotopic (exact) mass is 428 g/mol. The first-order chi connectivity index (χ1) is 14.5. The zero-order valence-corrected chi connectivity index (χ0v) is 18.9. The standard InChI is InChI=1S/C23H32N4O2S/c1-4-8-20(26-21(28)14-18-15-30-23(25-18)16(2)3)22(29)24-17-9-7-10-19(13-17)27-11-5-6-12-27/h7,9-10,13,15-16,20H,4-6,8,11-12,14H2,1-3H3,(H,24,29)(H,26,28). The second-order valence-corrected chi connectivity index (χ2v) is 9.04. The molecule has 2 heterocycles. The zero-order valence-electron chi connectivity index (χ0n) is 18.1. The van der Waals surface area contributed by atoms with Crippen LogP contribution in [0.3, 0.4) is 0 Å². The Morgan fingerprint density at radius 1 is 1.23 bits per heavy atom. The van der Waals surface area contributed by atoms with Crippen molar-refractivity contribution in [3.8, 4) is 0 Å². The summed E-state index contributed by atoms with van der Waals surface area (Å²) in [5.41, 5.74) is 2.65. The molecule has 0 spiro atoms. The summed E-state index contributed by atoms with van der Waals surface area (Å²) in [4.78, 5) is 32.2. The third-order valence-electron chi connectivity index (χ3n) is 5.22. The third-order valence-corrected chi connectivity index (χ3v) is 6.41. The van der Waals surface area contributed by atoms with E-state index in [1.54, 1.807) is 11.3 Å². The number of aromatic nitrogens is 1. The lowest BCUT2D eigenvalue weighted by molar-refractivity contribution is -0.126.